The summed E-state index contributed by atoms with van der Waals surface area (Å²) in [6, 6.07) is 11.2. The van der Waals surface area contributed by atoms with Crippen molar-refractivity contribution in [3.8, 4) is 22.3 Å². The van der Waals surface area contributed by atoms with E-state index in [1.165, 1.54) is 47.4 Å². The number of para-hydroxylation sites is 1. The first-order chi connectivity index (χ1) is 11.1. The molecular formula is C20H15NS2. The third-order valence-electron chi connectivity index (χ3n) is 4.61. The van der Waals surface area contributed by atoms with E-state index < -0.39 is 0 Å². The van der Waals surface area contributed by atoms with Gasteiger partial charge in [0.2, 0.25) is 0 Å². The zero-order valence-electron chi connectivity index (χ0n) is 13.1. The number of nitrogens with zero attached hydrogens (tertiary/aromatic N) is 1. The lowest BCUT2D eigenvalue weighted by molar-refractivity contribution is 1.30. The largest absolute Gasteiger partial charge is 0.308 e. The van der Waals surface area contributed by atoms with Crippen LogP contribution >= 0.6 is 22.7 Å². The second-order valence-electron chi connectivity index (χ2n) is 6.13. The van der Waals surface area contributed by atoms with Gasteiger partial charge >= 0.3 is 0 Å². The van der Waals surface area contributed by atoms with Crippen LogP contribution in [0.5, 0.6) is 0 Å². The highest BCUT2D eigenvalue weighted by Gasteiger charge is 2.36. The minimum absolute atomic E-state index is 1.06. The molecule has 0 saturated heterocycles. The van der Waals surface area contributed by atoms with Crippen LogP contribution in [0.25, 0.3) is 33.6 Å². The van der Waals surface area contributed by atoms with E-state index in [2.05, 4.69) is 62.2 Å². The summed E-state index contributed by atoms with van der Waals surface area (Å²) in [5.74, 6) is 0. The first-order valence-corrected chi connectivity index (χ1v) is 9.23. The van der Waals surface area contributed by atoms with Gasteiger partial charge in [-0.15, -0.1) is 22.7 Å². The van der Waals surface area contributed by atoms with E-state index in [-0.39, 0.29) is 0 Å². The zero-order valence-corrected chi connectivity index (χ0v) is 14.7. The van der Waals surface area contributed by atoms with Crippen molar-refractivity contribution >= 4 is 39.8 Å². The van der Waals surface area contributed by atoms with Crippen LogP contribution in [-0.2, 0) is 0 Å². The predicted octanol–water partition coefficient (Wildman–Crippen LogP) is 6.54. The molecule has 2 aliphatic heterocycles. The molecule has 0 unspecified atom stereocenters. The highest BCUT2D eigenvalue weighted by atomic mass is 32.1. The zero-order chi connectivity index (χ0) is 15.9. The molecule has 3 aromatic rings. The van der Waals surface area contributed by atoms with Gasteiger partial charge in [-0.2, -0.15) is 0 Å². The summed E-state index contributed by atoms with van der Waals surface area (Å²) < 4.78 is 0. The highest BCUT2D eigenvalue weighted by molar-refractivity contribution is 7.14. The summed E-state index contributed by atoms with van der Waals surface area (Å²) in [4.78, 5) is 7.45. The molecule has 3 heteroatoms. The average Bonchev–Trinajstić information content (AvgIpc) is 3.09. The van der Waals surface area contributed by atoms with E-state index in [4.69, 9.17) is 0 Å². The topological polar surface area (TPSA) is 3.24 Å². The first-order valence-electron chi connectivity index (χ1n) is 7.59. The van der Waals surface area contributed by atoms with Crippen molar-refractivity contribution in [2.24, 2.45) is 0 Å². The van der Waals surface area contributed by atoms with Gasteiger partial charge in [0.15, 0.2) is 0 Å². The maximum Gasteiger partial charge on any atom is 0.0620 e. The molecule has 4 heterocycles. The van der Waals surface area contributed by atoms with E-state index in [1.807, 2.05) is 22.7 Å². The van der Waals surface area contributed by atoms with E-state index >= 15 is 0 Å². The summed E-state index contributed by atoms with van der Waals surface area (Å²) >= 11 is 3.64. The minimum Gasteiger partial charge on any atom is -0.308 e. The van der Waals surface area contributed by atoms with Crippen LogP contribution in [-0.4, -0.2) is 0 Å². The maximum absolute atomic E-state index is 4.41. The molecule has 2 aliphatic rings. The van der Waals surface area contributed by atoms with Gasteiger partial charge in [0.25, 0.3) is 0 Å². The molecule has 0 atom stereocenters. The van der Waals surface area contributed by atoms with Gasteiger partial charge in [-0.25, -0.2) is 0 Å². The Bertz CT molecular complexity index is 954. The van der Waals surface area contributed by atoms with E-state index in [9.17, 15) is 0 Å². The number of thiophene rings is 2. The Morgan fingerprint density at radius 3 is 1.74 bits per heavy atom. The lowest BCUT2D eigenvalue weighted by Gasteiger charge is -2.38. The van der Waals surface area contributed by atoms with Crippen LogP contribution in [0.1, 0.15) is 19.5 Å². The number of aryl methyl sites for hydroxylation is 2. The van der Waals surface area contributed by atoms with E-state index in [1.54, 1.807) is 0 Å². The van der Waals surface area contributed by atoms with Gasteiger partial charge in [-0.3, -0.25) is 0 Å². The number of anilines is 1. The molecule has 0 amide bonds. The van der Waals surface area contributed by atoms with Gasteiger partial charge in [0.1, 0.15) is 0 Å². The van der Waals surface area contributed by atoms with Gasteiger partial charge in [-0.05, 0) is 26.0 Å². The minimum atomic E-state index is 1.06. The van der Waals surface area contributed by atoms with Gasteiger partial charge in [0, 0.05) is 32.0 Å². The Morgan fingerprint density at radius 2 is 1.26 bits per heavy atom. The highest BCUT2D eigenvalue weighted by Crippen LogP contribution is 2.57. The smallest absolute Gasteiger partial charge is 0.0620 e. The number of hydrogen-bond donors (Lipinski definition) is 0. The quantitative estimate of drug-likeness (QED) is 0.452. The standard InChI is InChI=1S/C20H15NS2/c1-10-8-16-14-6-5-7-15-17-9-11(2)23-20(17)13(4)21(18(14)15)12(3)19(16)22-10/h5-9H,3-4H2,1-2H3. The second kappa shape index (κ2) is 4.25. The van der Waals surface area contributed by atoms with Crippen LogP contribution in [0.3, 0.4) is 0 Å². The lowest BCUT2D eigenvalue weighted by atomic mass is 9.88. The predicted molar refractivity (Wildman–Crippen MR) is 103 cm³/mol. The van der Waals surface area contributed by atoms with Crippen molar-refractivity contribution in [3.05, 3.63) is 63.0 Å². The fourth-order valence-corrected chi connectivity index (χ4v) is 5.69. The summed E-state index contributed by atoms with van der Waals surface area (Å²) in [7, 11) is 0. The Labute approximate surface area is 143 Å². The average molecular weight is 333 g/mol. The number of fused-ring (bicyclic) bond motifs is 4. The van der Waals surface area contributed by atoms with Crippen molar-refractivity contribution < 1.29 is 0 Å². The van der Waals surface area contributed by atoms with Crippen LogP contribution < -0.4 is 4.90 Å². The number of benzene rings is 1. The summed E-state index contributed by atoms with van der Waals surface area (Å²) in [5.41, 5.74) is 8.58. The van der Waals surface area contributed by atoms with Crippen LogP contribution in [0.2, 0.25) is 0 Å². The first kappa shape index (κ1) is 13.3. The van der Waals surface area contributed by atoms with E-state index in [0.29, 0.717) is 0 Å². The molecule has 23 heavy (non-hydrogen) atoms. The molecule has 0 fully saturated rings. The van der Waals surface area contributed by atoms with Crippen LogP contribution in [0.15, 0.2) is 43.5 Å². The molecule has 1 nitrogen and oxygen atoms in total. The molecule has 0 spiro atoms. The van der Waals surface area contributed by atoms with Crippen molar-refractivity contribution in [2.45, 2.75) is 13.8 Å². The Morgan fingerprint density at radius 1 is 0.783 bits per heavy atom. The van der Waals surface area contributed by atoms with E-state index in [0.717, 1.165) is 11.4 Å². The van der Waals surface area contributed by atoms with Crippen LogP contribution in [0.4, 0.5) is 5.69 Å². The molecule has 2 aromatic heterocycles. The van der Waals surface area contributed by atoms with Gasteiger partial charge in [-0.1, -0.05) is 31.4 Å². The van der Waals surface area contributed by atoms with Gasteiger partial charge < -0.3 is 4.90 Å². The Balaban J connectivity index is 1.93. The fraction of sp³-hybridized carbons (Fsp3) is 0.100. The monoisotopic (exact) mass is 333 g/mol. The van der Waals surface area contributed by atoms with Crippen LogP contribution in [0, 0.1) is 13.8 Å². The molecule has 0 N–H and O–H groups in total. The normalized spacial score (nSPS) is 14.6. The Kier molecular flexibility index (Phi) is 2.47. The molecule has 112 valence electrons. The molecule has 0 bridgehead atoms. The molecule has 0 radical (unpaired) electrons. The molecule has 1 aromatic carbocycles. The second-order valence-corrected chi connectivity index (χ2v) is 8.64. The Hall–Kier alpha value is -2.10. The SMILES string of the molecule is C=C1c2sc(C)cc2-c2cccc3c2N1C(=C)c1sc(C)cc1-3. The number of rotatable bonds is 0. The third kappa shape index (κ3) is 1.56. The van der Waals surface area contributed by atoms with Crippen molar-refractivity contribution in [1.82, 2.24) is 0 Å². The molecule has 0 saturated carbocycles. The lowest BCUT2D eigenvalue weighted by Crippen LogP contribution is -2.25. The van der Waals surface area contributed by atoms with Crippen molar-refractivity contribution in [1.29, 1.82) is 0 Å². The van der Waals surface area contributed by atoms with Crippen molar-refractivity contribution in [3.63, 3.8) is 0 Å². The summed E-state index contributed by atoms with van der Waals surface area (Å²) in [6.07, 6.45) is 0. The number of hydrogen-bond acceptors (Lipinski definition) is 3. The summed E-state index contributed by atoms with van der Waals surface area (Å²) in [6.45, 7) is 13.1. The fourth-order valence-electron chi connectivity index (χ4n) is 3.71. The van der Waals surface area contributed by atoms with Gasteiger partial charge in [0.05, 0.1) is 26.8 Å². The summed E-state index contributed by atoms with van der Waals surface area (Å²) in [5, 5.41) is 0. The molecular weight excluding hydrogens is 318 g/mol. The maximum atomic E-state index is 4.41. The van der Waals surface area contributed by atoms with Crippen molar-refractivity contribution in [2.75, 3.05) is 4.90 Å². The molecule has 0 aliphatic carbocycles. The molecule has 5 rings (SSSR count). The third-order valence-corrected chi connectivity index (χ3v) is 6.81.